The van der Waals surface area contributed by atoms with Crippen LogP contribution in [0.1, 0.15) is 12.1 Å². The van der Waals surface area contributed by atoms with Gasteiger partial charge in [-0.25, -0.2) is 0 Å². The molecule has 0 saturated carbocycles. The first-order valence-electron chi connectivity index (χ1n) is 5.56. The molecule has 0 bridgehead atoms. The van der Waals surface area contributed by atoms with Gasteiger partial charge in [-0.1, -0.05) is 35.5 Å². The zero-order valence-electron chi connectivity index (χ0n) is 9.70. The molecule has 0 aliphatic rings. The van der Waals surface area contributed by atoms with Gasteiger partial charge in [-0.2, -0.15) is 11.8 Å². The van der Waals surface area contributed by atoms with Crippen molar-refractivity contribution in [2.45, 2.75) is 12.2 Å². The number of benzene rings is 1. The number of hydrogen-bond donors (Lipinski definition) is 1. The predicted octanol–water partition coefficient (Wildman–Crippen LogP) is 3.05. The van der Waals surface area contributed by atoms with Crippen LogP contribution < -0.4 is 0 Å². The third-order valence-electron chi connectivity index (χ3n) is 2.33. The summed E-state index contributed by atoms with van der Waals surface area (Å²) in [6, 6.07) is 11.6. The zero-order valence-corrected chi connectivity index (χ0v) is 10.5. The molecule has 0 atom stereocenters. The summed E-state index contributed by atoms with van der Waals surface area (Å²) >= 11 is 1.54. The molecule has 0 aliphatic carbocycles. The van der Waals surface area contributed by atoms with Gasteiger partial charge in [0.2, 0.25) is 0 Å². The van der Waals surface area contributed by atoms with Gasteiger partial charge in [0.25, 0.3) is 0 Å². The fraction of sp³-hybridized carbons (Fsp3) is 0.231. The van der Waals surface area contributed by atoms with Crippen LogP contribution in [0.15, 0.2) is 40.9 Å². The van der Waals surface area contributed by atoms with Crippen molar-refractivity contribution < 1.29 is 14.4 Å². The van der Waals surface area contributed by atoms with Crippen LogP contribution in [0.4, 0.5) is 0 Å². The van der Waals surface area contributed by atoms with E-state index in [4.69, 9.17) is 9.63 Å². The molecule has 1 aromatic carbocycles. The van der Waals surface area contributed by atoms with E-state index >= 15 is 0 Å². The monoisotopic (exact) mass is 263 g/mol. The van der Waals surface area contributed by atoms with Crippen molar-refractivity contribution in [3.63, 3.8) is 0 Å². The number of carbonyl (C=O) groups is 1. The molecule has 0 radical (unpaired) electrons. The number of rotatable bonds is 6. The Balaban J connectivity index is 1.89. The molecule has 0 unspecified atom stereocenters. The molecule has 5 heteroatoms. The molecule has 2 rings (SSSR count). The summed E-state index contributed by atoms with van der Waals surface area (Å²) in [5.41, 5.74) is 1.83. The minimum atomic E-state index is -0.771. The van der Waals surface area contributed by atoms with E-state index in [9.17, 15) is 4.79 Å². The zero-order chi connectivity index (χ0) is 12.8. The van der Waals surface area contributed by atoms with Crippen molar-refractivity contribution in [2.75, 3.05) is 5.75 Å². The number of aromatic nitrogens is 1. The lowest BCUT2D eigenvalue weighted by Crippen LogP contribution is -1.96. The molecule has 0 saturated heterocycles. The van der Waals surface area contributed by atoms with Gasteiger partial charge in [-0.15, -0.1) is 0 Å². The molecular weight excluding hydrogens is 250 g/mol. The summed E-state index contributed by atoms with van der Waals surface area (Å²) in [5.74, 6) is 1.23. The Morgan fingerprint density at radius 2 is 2.11 bits per heavy atom. The number of hydrogen-bond acceptors (Lipinski definition) is 4. The minimum absolute atomic E-state index is 0.175. The first-order chi connectivity index (χ1) is 8.75. The Morgan fingerprint density at radius 1 is 1.33 bits per heavy atom. The third kappa shape index (κ3) is 3.63. The van der Waals surface area contributed by atoms with Gasteiger partial charge in [-0.05, 0) is 0 Å². The highest BCUT2D eigenvalue weighted by Crippen LogP contribution is 2.22. The molecule has 1 heterocycles. The lowest BCUT2D eigenvalue weighted by atomic mass is 10.2. The lowest BCUT2D eigenvalue weighted by Gasteiger charge is -1.94. The standard InChI is InChI=1S/C13H13NO3S/c15-13(16)6-7-18-9-11-8-12(17-14-11)10-4-2-1-3-5-10/h1-5,8H,6-7,9H2,(H,15,16). The number of carboxylic acid groups (broad SMARTS) is 1. The van der Waals surface area contributed by atoms with Crippen molar-refractivity contribution >= 4 is 17.7 Å². The molecule has 1 N–H and O–H groups in total. The first kappa shape index (κ1) is 12.7. The van der Waals surface area contributed by atoms with Crippen LogP contribution in [0.25, 0.3) is 11.3 Å². The van der Waals surface area contributed by atoms with Crippen LogP contribution in [0.5, 0.6) is 0 Å². The molecule has 94 valence electrons. The van der Waals surface area contributed by atoms with Crippen molar-refractivity contribution in [1.82, 2.24) is 5.16 Å². The Labute approximate surface area is 109 Å². The Morgan fingerprint density at radius 3 is 2.83 bits per heavy atom. The Bertz CT molecular complexity index is 510. The highest BCUT2D eigenvalue weighted by Gasteiger charge is 2.06. The Kier molecular flexibility index (Phi) is 4.41. The molecule has 18 heavy (non-hydrogen) atoms. The van der Waals surface area contributed by atoms with Gasteiger partial charge in [-0.3, -0.25) is 4.79 Å². The van der Waals surface area contributed by atoms with E-state index in [1.165, 1.54) is 11.8 Å². The normalized spacial score (nSPS) is 10.4. The van der Waals surface area contributed by atoms with Crippen LogP contribution in [0.3, 0.4) is 0 Å². The molecule has 1 aromatic heterocycles. The first-order valence-corrected chi connectivity index (χ1v) is 6.72. The summed E-state index contributed by atoms with van der Waals surface area (Å²) in [5, 5.41) is 12.5. The number of nitrogens with zero attached hydrogens (tertiary/aromatic N) is 1. The lowest BCUT2D eigenvalue weighted by molar-refractivity contribution is -0.136. The van der Waals surface area contributed by atoms with E-state index in [-0.39, 0.29) is 6.42 Å². The van der Waals surface area contributed by atoms with Crippen LogP contribution in [0.2, 0.25) is 0 Å². The van der Waals surface area contributed by atoms with Gasteiger partial charge >= 0.3 is 5.97 Å². The second-order valence-corrected chi connectivity index (χ2v) is 4.85. The minimum Gasteiger partial charge on any atom is -0.481 e. The summed E-state index contributed by atoms with van der Waals surface area (Å²) in [6.07, 6.45) is 0.175. The molecular formula is C13H13NO3S. The molecule has 0 fully saturated rings. The summed E-state index contributed by atoms with van der Waals surface area (Å²) in [7, 11) is 0. The highest BCUT2D eigenvalue weighted by molar-refractivity contribution is 7.98. The fourth-order valence-electron chi connectivity index (χ4n) is 1.45. The smallest absolute Gasteiger partial charge is 0.304 e. The second-order valence-electron chi connectivity index (χ2n) is 3.74. The summed E-state index contributed by atoms with van der Waals surface area (Å²) < 4.78 is 5.25. The van der Waals surface area contributed by atoms with Gasteiger partial charge < -0.3 is 9.63 Å². The SMILES string of the molecule is O=C(O)CCSCc1cc(-c2ccccc2)on1. The van der Waals surface area contributed by atoms with Crippen molar-refractivity contribution in [3.8, 4) is 11.3 Å². The molecule has 0 aliphatic heterocycles. The summed E-state index contributed by atoms with van der Waals surface area (Å²) in [6.45, 7) is 0. The van der Waals surface area contributed by atoms with E-state index < -0.39 is 5.97 Å². The van der Waals surface area contributed by atoms with Gasteiger partial charge in [0, 0.05) is 23.1 Å². The topological polar surface area (TPSA) is 63.3 Å². The van der Waals surface area contributed by atoms with Crippen molar-refractivity contribution in [1.29, 1.82) is 0 Å². The number of thioether (sulfide) groups is 1. The van der Waals surface area contributed by atoms with E-state index in [0.717, 1.165) is 17.0 Å². The van der Waals surface area contributed by atoms with E-state index in [1.807, 2.05) is 36.4 Å². The fourth-order valence-corrected chi connectivity index (χ4v) is 2.26. The van der Waals surface area contributed by atoms with E-state index in [2.05, 4.69) is 5.16 Å². The largest absolute Gasteiger partial charge is 0.481 e. The van der Waals surface area contributed by atoms with Crippen molar-refractivity contribution in [3.05, 3.63) is 42.1 Å². The molecule has 0 amide bonds. The quantitative estimate of drug-likeness (QED) is 0.811. The number of carboxylic acids is 1. The van der Waals surface area contributed by atoms with E-state index in [1.54, 1.807) is 0 Å². The maximum absolute atomic E-state index is 10.4. The Hall–Kier alpha value is -1.75. The third-order valence-corrected chi connectivity index (χ3v) is 3.32. The van der Waals surface area contributed by atoms with Gasteiger partial charge in [0.15, 0.2) is 5.76 Å². The van der Waals surface area contributed by atoms with E-state index in [0.29, 0.717) is 11.5 Å². The van der Waals surface area contributed by atoms with Gasteiger partial charge in [0.05, 0.1) is 12.1 Å². The highest BCUT2D eigenvalue weighted by atomic mass is 32.2. The second kappa shape index (κ2) is 6.26. The van der Waals surface area contributed by atoms with Crippen molar-refractivity contribution in [2.24, 2.45) is 0 Å². The molecule has 4 nitrogen and oxygen atoms in total. The molecule has 2 aromatic rings. The number of aliphatic carboxylic acids is 1. The predicted molar refractivity (Wildman–Crippen MR) is 70.4 cm³/mol. The molecule has 0 spiro atoms. The average Bonchev–Trinajstić information content (AvgIpc) is 2.84. The maximum Gasteiger partial charge on any atom is 0.304 e. The van der Waals surface area contributed by atoms with Crippen LogP contribution in [-0.4, -0.2) is 22.0 Å². The average molecular weight is 263 g/mol. The van der Waals surface area contributed by atoms with Gasteiger partial charge in [0.1, 0.15) is 0 Å². The summed E-state index contributed by atoms with van der Waals surface area (Å²) in [4.78, 5) is 10.4. The maximum atomic E-state index is 10.4. The van der Waals surface area contributed by atoms with Crippen LogP contribution >= 0.6 is 11.8 Å². The van der Waals surface area contributed by atoms with Crippen LogP contribution in [0, 0.1) is 0 Å². The van der Waals surface area contributed by atoms with Crippen LogP contribution in [-0.2, 0) is 10.5 Å².